The number of carbonyl (C=O) groups is 1. The first-order valence-corrected chi connectivity index (χ1v) is 6.25. The van der Waals surface area contributed by atoms with Gasteiger partial charge in [0, 0.05) is 12.6 Å². The molecule has 3 atom stereocenters. The van der Waals surface area contributed by atoms with E-state index in [-0.39, 0.29) is 12.5 Å². The number of carbonyl (C=O) groups excluding carboxylic acids is 1. The summed E-state index contributed by atoms with van der Waals surface area (Å²) in [6.45, 7) is 1.15. The van der Waals surface area contributed by atoms with E-state index >= 15 is 0 Å². The van der Waals surface area contributed by atoms with Gasteiger partial charge in [0.05, 0.1) is 6.61 Å². The summed E-state index contributed by atoms with van der Waals surface area (Å²) < 4.78 is 10.9. The maximum atomic E-state index is 10.9. The molecule has 1 aliphatic rings. The van der Waals surface area contributed by atoms with Crippen LogP contribution in [-0.2, 0) is 9.53 Å². The van der Waals surface area contributed by atoms with E-state index in [4.69, 9.17) is 14.6 Å². The van der Waals surface area contributed by atoms with Crippen molar-refractivity contribution in [1.29, 1.82) is 0 Å². The van der Waals surface area contributed by atoms with Crippen molar-refractivity contribution in [3.8, 4) is 5.75 Å². The molecule has 2 rings (SSSR count). The molecule has 1 aliphatic heterocycles. The van der Waals surface area contributed by atoms with Crippen LogP contribution in [0.5, 0.6) is 5.75 Å². The van der Waals surface area contributed by atoms with Crippen LogP contribution in [-0.4, -0.2) is 41.2 Å². The molecule has 108 valence electrons. The molecule has 1 aromatic carbocycles. The molecular weight excluding hydrogens is 262 g/mol. The highest BCUT2D eigenvalue weighted by molar-refractivity contribution is 5.88. The Labute approximate surface area is 116 Å². The number of rotatable bonds is 4. The molecule has 0 saturated heterocycles. The van der Waals surface area contributed by atoms with Crippen LogP contribution in [0.15, 0.2) is 36.4 Å². The van der Waals surface area contributed by atoms with Crippen LogP contribution in [0.25, 0.3) is 0 Å². The average molecular weight is 279 g/mol. The van der Waals surface area contributed by atoms with Gasteiger partial charge < -0.3 is 25.0 Å². The third kappa shape index (κ3) is 3.80. The molecular formula is C14H17NO5. The monoisotopic (exact) mass is 279 g/mol. The Hall–Kier alpha value is -1.89. The minimum absolute atomic E-state index is 0.142. The molecule has 0 aliphatic carbocycles. The summed E-state index contributed by atoms with van der Waals surface area (Å²) in [4.78, 5) is 10.9. The molecule has 0 spiro atoms. The molecule has 1 unspecified atom stereocenters. The number of anilines is 1. The summed E-state index contributed by atoms with van der Waals surface area (Å²) in [6.07, 6.45) is 0.923. The summed E-state index contributed by atoms with van der Waals surface area (Å²) in [5, 5.41) is 21.2. The lowest BCUT2D eigenvalue weighted by Gasteiger charge is -2.28. The topological polar surface area (TPSA) is 88.0 Å². The van der Waals surface area contributed by atoms with E-state index in [0.717, 1.165) is 0 Å². The first kappa shape index (κ1) is 14.5. The number of ether oxygens (including phenoxy) is 2. The Morgan fingerprint density at radius 2 is 2.05 bits per heavy atom. The van der Waals surface area contributed by atoms with E-state index < -0.39 is 18.5 Å². The lowest BCUT2D eigenvalue weighted by molar-refractivity contribution is -0.142. The first-order chi connectivity index (χ1) is 9.58. The second-order valence-electron chi connectivity index (χ2n) is 4.42. The van der Waals surface area contributed by atoms with Crippen molar-refractivity contribution in [3.05, 3.63) is 36.4 Å². The lowest BCUT2D eigenvalue weighted by Crippen LogP contribution is -2.39. The fourth-order valence-corrected chi connectivity index (χ4v) is 1.80. The van der Waals surface area contributed by atoms with Crippen molar-refractivity contribution in [2.75, 3.05) is 11.9 Å². The van der Waals surface area contributed by atoms with Gasteiger partial charge in [0.2, 0.25) is 12.2 Å². The van der Waals surface area contributed by atoms with Crippen molar-refractivity contribution < 1.29 is 24.5 Å². The summed E-state index contributed by atoms with van der Waals surface area (Å²) in [6, 6.07) is 6.81. The molecule has 6 nitrogen and oxygen atoms in total. The zero-order valence-electron chi connectivity index (χ0n) is 11.0. The van der Waals surface area contributed by atoms with Gasteiger partial charge >= 0.3 is 0 Å². The Morgan fingerprint density at radius 1 is 1.35 bits per heavy atom. The molecule has 0 radical (unpaired) electrons. The van der Waals surface area contributed by atoms with E-state index in [0.29, 0.717) is 11.4 Å². The van der Waals surface area contributed by atoms with Gasteiger partial charge in [0.25, 0.3) is 0 Å². The van der Waals surface area contributed by atoms with Crippen LogP contribution >= 0.6 is 0 Å². The Bertz CT molecular complexity index is 485. The van der Waals surface area contributed by atoms with E-state index in [2.05, 4.69) is 5.32 Å². The van der Waals surface area contributed by atoms with Crippen molar-refractivity contribution in [2.24, 2.45) is 0 Å². The number of aliphatic hydroxyl groups is 2. The second-order valence-corrected chi connectivity index (χ2v) is 4.42. The molecule has 1 heterocycles. The van der Waals surface area contributed by atoms with E-state index in [1.807, 2.05) is 0 Å². The maximum absolute atomic E-state index is 10.9. The number of amides is 1. The summed E-state index contributed by atoms with van der Waals surface area (Å²) in [5.41, 5.74) is 0.675. The van der Waals surface area contributed by atoms with Crippen molar-refractivity contribution in [3.63, 3.8) is 0 Å². The molecule has 1 aromatic rings. The highest BCUT2D eigenvalue weighted by atomic mass is 16.7. The Balaban J connectivity index is 1.96. The van der Waals surface area contributed by atoms with Crippen LogP contribution in [0.2, 0.25) is 0 Å². The van der Waals surface area contributed by atoms with Gasteiger partial charge in [-0.1, -0.05) is 6.08 Å². The number of hydrogen-bond donors (Lipinski definition) is 3. The quantitative estimate of drug-likeness (QED) is 0.705. The largest absolute Gasteiger partial charge is 0.461 e. The molecule has 1 amide bonds. The highest BCUT2D eigenvalue weighted by Gasteiger charge is 2.25. The lowest BCUT2D eigenvalue weighted by atomic mass is 10.1. The third-order valence-corrected chi connectivity index (χ3v) is 2.76. The SMILES string of the molecule is CC(=O)Nc1ccc(O[C@@H]2C=C[C@H](O)C(CO)O2)cc1. The second kappa shape index (κ2) is 6.51. The van der Waals surface area contributed by atoms with Crippen LogP contribution in [0, 0.1) is 0 Å². The van der Waals surface area contributed by atoms with Crippen molar-refractivity contribution in [2.45, 2.75) is 25.4 Å². The summed E-state index contributed by atoms with van der Waals surface area (Å²) >= 11 is 0. The van der Waals surface area contributed by atoms with Crippen LogP contribution in [0.4, 0.5) is 5.69 Å². The number of aliphatic hydroxyl groups excluding tert-OH is 2. The number of hydrogen-bond acceptors (Lipinski definition) is 5. The Morgan fingerprint density at radius 3 is 2.65 bits per heavy atom. The zero-order valence-corrected chi connectivity index (χ0v) is 11.0. The molecule has 6 heteroatoms. The van der Waals surface area contributed by atoms with E-state index in [1.54, 1.807) is 30.3 Å². The smallest absolute Gasteiger partial charge is 0.221 e. The van der Waals surface area contributed by atoms with Gasteiger partial charge in [0.15, 0.2) is 0 Å². The van der Waals surface area contributed by atoms with Crippen LogP contribution < -0.4 is 10.1 Å². The molecule has 0 saturated carbocycles. The summed E-state index contributed by atoms with van der Waals surface area (Å²) in [7, 11) is 0. The number of nitrogens with one attached hydrogen (secondary N) is 1. The average Bonchev–Trinajstić information content (AvgIpc) is 2.42. The van der Waals surface area contributed by atoms with Gasteiger partial charge in [-0.25, -0.2) is 0 Å². The standard InChI is InChI=1S/C14H17NO5/c1-9(17)15-10-2-4-11(5-3-10)19-14-7-6-12(18)13(8-16)20-14/h2-7,12-14,16,18H,8H2,1H3,(H,15,17)/t12-,13?,14-/m0/s1. The molecule has 20 heavy (non-hydrogen) atoms. The normalized spacial score (nSPS) is 25.2. The molecule has 0 bridgehead atoms. The first-order valence-electron chi connectivity index (χ1n) is 6.25. The summed E-state index contributed by atoms with van der Waals surface area (Å²) in [5.74, 6) is 0.416. The predicted molar refractivity (Wildman–Crippen MR) is 72.3 cm³/mol. The van der Waals surface area contributed by atoms with Crippen LogP contribution in [0.3, 0.4) is 0 Å². The third-order valence-electron chi connectivity index (χ3n) is 2.76. The van der Waals surface area contributed by atoms with Crippen LogP contribution in [0.1, 0.15) is 6.92 Å². The molecule has 3 N–H and O–H groups in total. The predicted octanol–water partition coefficient (Wildman–Crippen LogP) is 0.658. The zero-order chi connectivity index (χ0) is 14.5. The van der Waals surface area contributed by atoms with Gasteiger partial charge in [-0.2, -0.15) is 0 Å². The van der Waals surface area contributed by atoms with Crippen molar-refractivity contribution in [1.82, 2.24) is 0 Å². The van der Waals surface area contributed by atoms with Gasteiger partial charge in [-0.05, 0) is 30.3 Å². The maximum Gasteiger partial charge on any atom is 0.221 e. The van der Waals surface area contributed by atoms with Crippen molar-refractivity contribution >= 4 is 11.6 Å². The molecule has 0 fully saturated rings. The fourth-order valence-electron chi connectivity index (χ4n) is 1.80. The molecule has 0 aromatic heterocycles. The number of benzene rings is 1. The van der Waals surface area contributed by atoms with E-state index in [9.17, 15) is 9.90 Å². The highest BCUT2D eigenvalue weighted by Crippen LogP contribution is 2.20. The minimum atomic E-state index is -0.831. The minimum Gasteiger partial charge on any atom is -0.461 e. The van der Waals surface area contributed by atoms with E-state index in [1.165, 1.54) is 13.0 Å². The van der Waals surface area contributed by atoms with Gasteiger partial charge in [-0.3, -0.25) is 4.79 Å². The van der Waals surface area contributed by atoms with Gasteiger partial charge in [0.1, 0.15) is 18.0 Å². The fraction of sp³-hybridized carbons (Fsp3) is 0.357. The Kier molecular flexibility index (Phi) is 4.73. The van der Waals surface area contributed by atoms with Gasteiger partial charge in [-0.15, -0.1) is 0 Å².